The van der Waals surface area contributed by atoms with Crippen molar-refractivity contribution in [1.29, 1.82) is 0 Å². The molecule has 0 spiro atoms. The fraction of sp³-hybridized carbons (Fsp3) is 0.360. The summed E-state index contributed by atoms with van der Waals surface area (Å²) in [6, 6.07) is 6.30. The van der Waals surface area contributed by atoms with E-state index in [0.29, 0.717) is 5.56 Å². The molecule has 2 aromatic rings. The number of hydrogen-bond donors (Lipinski definition) is 1. The summed E-state index contributed by atoms with van der Waals surface area (Å²) in [6.07, 6.45) is 9.44. The van der Waals surface area contributed by atoms with Crippen LogP contribution < -0.4 is 10.1 Å². The van der Waals surface area contributed by atoms with Gasteiger partial charge in [0, 0.05) is 34.4 Å². The molecular weight excluding hydrogens is 368 g/mol. The molecule has 4 heteroatoms. The van der Waals surface area contributed by atoms with Crippen molar-refractivity contribution in [2.24, 2.45) is 5.92 Å². The summed E-state index contributed by atoms with van der Waals surface area (Å²) >= 11 is 0. The first kappa shape index (κ1) is 18.4. The highest BCUT2D eigenvalue weighted by Gasteiger charge is 2.38. The predicted octanol–water partition coefficient (Wildman–Crippen LogP) is 7.03. The summed E-state index contributed by atoms with van der Waals surface area (Å²) in [5.41, 5.74) is 5.54. The summed E-state index contributed by atoms with van der Waals surface area (Å²) in [5.74, 6) is -0.904. The standard InChI is InChI=1S/C25H25F2NO/c1-14-13-25(2,3)28-20-10-9-17-18-11-16(26)12-19(27)24(18)29-23(22(17)21(14)20)15-7-5-4-6-8-15/h5,7,9-13,15,23,28H,4,6,8H2,1-3H3/t15-,23+/m1/s1. The minimum atomic E-state index is -0.639. The number of anilines is 1. The van der Waals surface area contributed by atoms with Gasteiger partial charge in [-0.05, 0) is 63.3 Å². The molecule has 1 aliphatic carbocycles. The van der Waals surface area contributed by atoms with Gasteiger partial charge < -0.3 is 10.1 Å². The largest absolute Gasteiger partial charge is 0.481 e. The Balaban J connectivity index is 1.79. The van der Waals surface area contributed by atoms with Gasteiger partial charge in [0.2, 0.25) is 0 Å². The number of allylic oxidation sites excluding steroid dienone is 2. The van der Waals surface area contributed by atoms with E-state index in [1.54, 1.807) is 0 Å². The summed E-state index contributed by atoms with van der Waals surface area (Å²) in [5, 5.41) is 3.59. The van der Waals surface area contributed by atoms with Crippen LogP contribution in [0, 0.1) is 17.6 Å². The quantitative estimate of drug-likeness (QED) is 0.525. The van der Waals surface area contributed by atoms with Crippen LogP contribution in [0.5, 0.6) is 5.75 Å². The third-order valence-corrected chi connectivity index (χ3v) is 6.18. The molecule has 1 N–H and O–H groups in total. The average molecular weight is 393 g/mol. The molecular formula is C25H25F2NO. The van der Waals surface area contributed by atoms with E-state index < -0.39 is 11.6 Å². The Hall–Kier alpha value is -2.62. The van der Waals surface area contributed by atoms with E-state index in [0.717, 1.165) is 53.3 Å². The van der Waals surface area contributed by atoms with Crippen molar-refractivity contribution in [3.8, 4) is 16.9 Å². The van der Waals surface area contributed by atoms with E-state index in [-0.39, 0.29) is 23.3 Å². The van der Waals surface area contributed by atoms with Gasteiger partial charge in [-0.2, -0.15) is 0 Å². The summed E-state index contributed by atoms with van der Waals surface area (Å²) in [4.78, 5) is 0. The molecule has 2 heterocycles. The third kappa shape index (κ3) is 2.97. The molecule has 29 heavy (non-hydrogen) atoms. The molecule has 0 radical (unpaired) electrons. The maximum atomic E-state index is 14.7. The van der Waals surface area contributed by atoms with Crippen LogP contribution in [-0.2, 0) is 0 Å². The minimum Gasteiger partial charge on any atom is -0.481 e. The highest BCUT2D eigenvalue weighted by Crippen LogP contribution is 2.52. The molecule has 3 aliphatic rings. The average Bonchev–Trinajstić information content (AvgIpc) is 2.66. The first-order chi connectivity index (χ1) is 13.8. The molecule has 0 saturated heterocycles. The zero-order chi connectivity index (χ0) is 20.3. The van der Waals surface area contributed by atoms with Crippen molar-refractivity contribution in [3.05, 3.63) is 65.3 Å². The normalized spacial score (nSPS) is 23.8. The minimum absolute atomic E-state index is 0.156. The van der Waals surface area contributed by atoms with Crippen LogP contribution in [0.25, 0.3) is 16.7 Å². The van der Waals surface area contributed by atoms with Crippen molar-refractivity contribution in [2.75, 3.05) is 5.32 Å². The van der Waals surface area contributed by atoms with Crippen LogP contribution in [0.15, 0.2) is 42.5 Å². The molecule has 0 bridgehead atoms. The Kier molecular flexibility index (Phi) is 4.09. The Morgan fingerprint density at radius 2 is 1.97 bits per heavy atom. The maximum absolute atomic E-state index is 14.7. The number of hydrogen-bond acceptors (Lipinski definition) is 2. The zero-order valence-corrected chi connectivity index (χ0v) is 17.0. The van der Waals surface area contributed by atoms with Gasteiger partial charge >= 0.3 is 0 Å². The SMILES string of the molecule is CC1=CC(C)(C)Nc2ccc3c(c21)[C@H]([C@@H]1C=CCCC1)Oc1c(F)cc(F)cc1-3. The lowest BCUT2D eigenvalue weighted by atomic mass is 9.77. The van der Waals surface area contributed by atoms with Crippen molar-refractivity contribution >= 4 is 11.3 Å². The molecule has 2 aromatic carbocycles. The van der Waals surface area contributed by atoms with Crippen LogP contribution in [0.1, 0.15) is 57.3 Å². The van der Waals surface area contributed by atoms with Gasteiger partial charge in [-0.1, -0.05) is 24.3 Å². The van der Waals surface area contributed by atoms with E-state index in [1.807, 2.05) is 12.1 Å². The van der Waals surface area contributed by atoms with E-state index in [2.05, 4.69) is 44.3 Å². The topological polar surface area (TPSA) is 21.3 Å². The molecule has 2 aliphatic heterocycles. The lowest BCUT2D eigenvalue weighted by Gasteiger charge is -2.39. The first-order valence-corrected chi connectivity index (χ1v) is 10.3. The molecule has 0 fully saturated rings. The Morgan fingerprint density at radius 3 is 2.72 bits per heavy atom. The summed E-state index contributed by atoms with van der Waals surface area (Å²) in [6.45, 7) is 6.38. The molecule has 0 aromatic heterocycles. The molecule has 2 atom stereocenters. The fourth-order valence-corrected chi connectivity index (χ4v) is 5.13. The molecule has 150 valence electrons. The molecule has 0 amide bonds. The van der Waals surface area contributed by atoms with Gasteiger partial charge in [-0.25, -0.2) is 8.78 Å². The molecule has 0 unspecified atom stereocenters. The Morgan fingerprint density at radius 1 is 1.14 bits per heavy atom. The van der Waals surface area contributed by atoms with E-state index >= 15 is 0 Å². The second-order valence-electron chi connectivity index (χ2n) is 8.95. The predicted molar refractivity (Wildman–Crippen MR) is 113 cm³/mol. The summed E-state index contributed by atoms with van der Waals surface area (Å²) in [7, 11) is 0. The number of ether oxygens (including phenoxy) is 1. The van der Waals surface area contributed by atoms with Crippen molar-refractivity contribution in [3.63, 3.8) is 0 Å². The van der Waals surface area contributed by atoms with Crippen molar-refractivity contribution in [2.45, 2.75) is 51.7 Å². The lowest BCUT2D eigenvalue weighted by molar-refractivity contribution is 0.140. The molecule has 2 nitrogen and oxygen atoms in total. The van der Waals surface area contributed by atoms with Gasteiger partial charge in [-0.3, -0.25) is 0 Å². The van der Waals surface area contributed by atoms with Crippen LogP contribution >= 0.6 is 0 Å². The van der Waals surface area contributed by atoms with Gasteiger partial charge in [0.25, 0.3) is 0 Å². The fourth-order valence-electron chi connectivity index (χ4n) is 5.13. The van der Waals surface area contributed by atoms with Crippen LogP contribution in [0.4, 0.5) is 14.5 Å². The van der Waals surface area contributed by atoms with Gasteiger partial charge in [0.1, 0.15) is 11.9 Å². The number of halogens is 2. The second kappa shape index (κ2) is 6.45. The smallest absolute Gasteiger partial charge is 0.168 e. The molecule has 0 saturated carbocycles. The Bertz CT molecular complexity index is 1070. The van der Waals surface area contributed by atoms with Gasteiger partial charge in [-0.15, -0.1) is 0 Å². The maximum Gasteiger partial charge on any atom is 0.168 e. The first-order valence-electron chi connectivity index (χ1n) is 10.3. The van der Waals surface area contributed by atoms with Gasteiger partial charge in [0.15, 0.2) is 11.6 Å². The Labute approximate surface area is 170 Å². The van der Waals surface area contributed by atoms with Crippen LogP contribution in [0.3, 0.4) is 0 Å². The lowest BCUT2D eigenvalue weighted by Crippen LogP contribution is -2.33. The number of fused-ring (bicyclic) bond motifs is 5. The monoisotopic (exact) mass is 393 g/mol. The van der Waals surface area contributed by atoms with Crippen LogP contribution in [-0.4, -0.2) is 5.54 Å². The van der Waals surface area contributed by atoms with Crippen molar-refractivity contribution < 1.29 is 13.5 Å². The number of nitrogens with one attached hydrogen (secondary N) is 1. The summed E-state index contributed by atoms with van der Waals surface area (Å²) < 4.78 is 35.1. The van der Waals surface area contributed by atoms with Crippen LogP contribution in [0.2, 0.25) is 0 Å². The van der Waals surface area contributed by atoms with E-state index in [1.165, 1.54) is 6.07 Å². The van der Waals surface area contributed by atoms with E-state index in [4.69, 9.17) is 4.74 Å². The van der Waals surface area contributed by atoms with Gasteiger partial charge in [0.05, 0.1) is 5.54 Å². The second-order valence-corrected chi connectivity index (χ2v) is 8.95. The zero-order valence-electron chi connectivity index (χ0n) is 17.0. The highest BCUT2D eigenvalue weighted by atomic mass is 19.1. The van der Waals surface area contributed by atoms with E-state index in [9.17, 15) is 8.78 Å². The number of benzene rings is 2. The third-order valence-electron chi connectivity index (χ3n) is 6.18. The number of rotatable bonds is 1. The van der Waals surface area contributed by atoms with Crippen molar-refractivity contribution in [1.82, 2.24) is 0 Å². The molecule has 5 rings (SSSR count). The highest BCUT2D eigenvalue weighted by molar-refractivity contribution is 5.89.